The van der Waals surface area contributed by atoms with Gasteiger partial charge in [0, 0.05) is 6.16 Å². The Bertz CT molecular complexity index is 278. The summed E-state index contributed by atoms with van der Waals surface area (Å²) < 4.78 is 11.8. The molecule has 0 aromatic rings. The Labute approximate surface area is 88.6 Å². The molecule has 1 unspecified atom stereocenters. The summed E-state index contributed by atoms with van der Waals surface area (Å²) >= 11 is 0. The lowest BCUT2D eigenvalue weighted by atomic mass is 9.97. The van der Waals surface area contributed by atoms with E-state index in [0.717, 1.165) is 12.8 Å². The zero-order valence-corrected chi connectivity index (χ0v) is 9.40. The lowest BCUT2D eigenvalue weighted by molar-refractivity contribution is -0.136. The van der Waals surface area contributed by atoms with E-state index < -0.39 is 25.1 Å². The van der Waals surface area contributed by atoms with E-state index in [-0.39, 0.29) is 12.6 Å². The molecule has 1 aliphatic carbocycles. The van der Waals surface area contributed by atoms with Crippen molar-refractivity contribution in [1.82, 2.24) is 0 Å². The van der Waals surface area contributed by atoms with E-state index in [0.29, 0.717) is 12.8 Å². The molecular formula is C9H17O5P. The van der Waals surface area contributed by atoms with E-state index >= 15 is 0 Å². The Morgan fingerprint density at radius 2 is 1.93 bits per heavy atom. The quantitative estimate of drug-likeness (QED) is 0.634. The molecule has 6 heteroatoms. The first-order valence-electron chi connectivity index (χ1n) is 5.15. The number of aliphatic hydroxyl groups excluding tert-OH is 1. The molecule has 0 aliphatic heterocycles. The zero-order valence-electron chi connectivity index (χ0n) is 8.50. The Morgan fingerprint density at radius 3 is 2.47 bits per heavy atom. The van der Waals surface area contributed by atoms with Crippen LogP contribution < -0.4 is 0 Å². The van der Waals surface area contributed by atoms with Gasteiger partial charge in [-0.2, -0.15) is 0 Å². The van der Waals surface area contributed by atoms with Gasteiger partial charge in [0.25, 0.3) is 0 Å². The van der Waals surface area contributed by atoms with Crippen molar-refractivity contribution in [2.24, 2.45) is 0 Å². The number of carboxylic acids is 1. The van der Waals surface area contributed by atoms with Crippen LogP contribution in [0.3, 0.4) is 0 Å². The third kappa shape index (κ3) is 3.59. The average molecular weight is 236 g/mol. The van der Waals surface area contributed by atoms with E-state index in [4.69, 9.17) is 5.11 Å². The SMILES string of the molecule is O=C(O)CCP(=O)(O)[C@@H]1CCCC[C@H]1O. The first-order valence-corrected chi connectivity index (χ1v) is 7.06. The van der Waals surface area contributed by atoms with Crippen molar-refractivity contribution in [3.05, 3.63) is 0 Å². The molecule has 0 saturated heterocycles. The number of hydrogen-bond acceptors (Lipinski definition) is 3. The van der Waals surface area contributed by atoms with Crippen LogP contribution in [0, 0.1) is 0 Å². The molecule has 1 fully saturated rings. The number of hydrogen-bond donors (Lipinski definition) is 3. The summed E-state index contributed by atoms with van der Waals surface area (Å²) in [4.78, 5) is 20.0. The standard InChI is InChI=1S/C9H17O5P/c10-7-3-1-2-4-8(7)15(13,14)6-5-9(11)12/h7-8,10H,1-6H2,(H,11,12)(H,13,14)/t7-,8-/m1/s1. The smallest absolute Gasteiger partial charge is 0.303 e. The van der Waals surface area contributed by atoms with Gasteiger partial charge >= 0.3 is 5.97 Å². The first-order chi connectivity index (χ1) is 6.93. The number of aliphatic hydroxyl groups is 1. The second-order valence-corrected chi connectivity index (χ2v) is 6.66. The second kappa shape index (κ2) is 5.10. The van der Waals surface area contributed by atoms with Gasteiger partial charge in [0.1, 0.15) is 0 Å². The molecule has 3 N–H and O–H groups in total. The highest BCUT2D eigenvalue weighted by Crippen LogP contribution is 2.52. The van der Waals surface area contributed by atoms with E-state index in [1.807, 2.05) is 0 Å². The minimum absolute atomic E-state index is 0.232. The molecule has 0 amide bonds. The Morgan fingerprint density at radius 1 is 1.33 bits per heavy atom. The highest BCUT2D eigenvalue weighted by molar-refractivity contribution is 7.58. The highest BCUT2D eigenvalue weighted by Gasteiger charge is 2.37. The van der Waals surface area contributed by atoms with Crippen LogP contribution >= 0.6 is 7.37 Å². The largest absolute Gasteiger partial charge is 0.481 e. The molecule has 88 valence electrons. The highest BCUT2D eigenvalue weighted by atomic mass is 31.2. The molecule has 5 nitrogen and oxygen atoms in total. The molecule has 1 rings (SSSR count). The normalized spacial score (nSPS) is 30.8. The van der Waals surface area contributed by atoms with Crippen LogP contribution in [-0.2, 0) is 9.36 Å². The van der Waals surface area contributed by atoms with Gasteiger partial charge in [0.05, 0.1) is 18.2 Å². The summed E-state index contributed by atoms with van der Waals surface area (Å²) in [5.74, 6) is -1.07. The molecule has 0 spiro atoms. The van der Waals surface area contributed by atoms with Gasteiger partial charge in [-0.1, -0.05) is 12.8 Å². The molecule has 1 saturated carbocycles. The summed E-state index contributed by atoms with van der Waals surface area (Å²) in [5.41, 5.74) is -0.620. The second-order valence-electron chi connectivity index (χ2n) is 4.04. The molecule has 0 bridgehead atoms. The predicted octanol–water partition coefficient (Wildman–Crippen LogP) is 1.03. The van der Waals surface area contributed by atoms with Crippen LogP contribution in [-0.4, -0.2) is 39.0 Å². The lowest BCUT2D eigenvalue weighted by Gasteiger charge is -2.30. The molecule has 15 heavy (non-hydrogen) atoms. The van der Waals surface area contributed by atoms with Gasteiger partial charge in [-0.15, -0.1) is 0 Å². The minimum Gasteiger partial charge on any atom is -0.481 e. The maximum absolute atomic E-state index is 11.8. The van der Waals surface area contributed by atoms with Crippen molar-refractivity contribution in [1.29, 1.82) is 0 Å². The van der Waals surface area contributed by atoms with E-state index in [9.17, 15) is 19.4 Å². The lowest BCUT2D eigenvalue weighted by Crippen LogP contribution is -2.30. The van der Waals surface area contributed by atoms with Gasteiger partial charge in [-0.25, -0.2) is 0 Å². The number of carboxylic acid groups (broad SMARTS) is 1. The fraction of sp³-hybridized carbons (Fsp3) is 0.889. The summed E-state index contributed by atoms with van der Waals surface area (Å²) in [6.07, 6.45) is 1.48. The molecule has 1 aliphatic rings. The fourth-order valence-corrected chi connectivity index (χ4v) is 4.10. The van der Waals surface area contributed by atoms with Crippen molar-refractivity contribution >= 4 is 13.3 Å². The van der Waals surface area contributed by atoms with Gasteiger partial charge in [-0.3, -0.25) is 9.36 Å². The summed E-state index contributed by atoms with van der Waals surface area (Å²) in [5, 5.41) is 18.0. The third-order valence-electron chi connectivity index (χ3n) is 2.86. The topological polar surface area (TPSA) is 94.8 Å². The van der Waals surface area contributed by atoms with Crippen molar-refractivity contribution in [3.63, 3.8) is 0 Å². The minimum atomic E-state index is -3.51. The zero-order chi connectivity index (χ0) is 11.5. The predicted molar refractivity (Wildman–Crippen MR) is 55.2 cm³/mol. The van der Waals surface area contributed by atoms with E-state index in [1.165, 1.54) is 0 Å². The van der Waals surface area contributed by atoms with Crippen molar-refractivity contribution in [2.75, 3.05) is 6.16 Å². The van der Waals surface area contributed by atoms with Gasteiger partial charge < -0.3 is 15.1 Å². The Kier molecular flexibility index (Phi) is 4.32. The maximum Gasteiger partial charge on any atom is 0.303 e. The third-order valence-corrected chi connectivity index (χ3v) is 5.36. The molecule has 3 atom stereocenters. The van der Waals surface area contributed by atoms with Crippen LogP contribution in [0.5, 0.6) is 0 Å². The Hall–Kier alpha value is -0.380. The maximum atomic E-state index is 11.8. The Balaban J connectivity index is 2.58. The molecule has 0 radical (unpaired) electrons. The van der Waals surface area contributed by atoms with Gasteiger partial charge in [0.15, 0.2) is 0 Å². The number of aliphatic carboxylic acids is 1. The van der Waals surface area contributed by atoms with Crippen LogP contribution in [0.15, 0.2) is 0 Å². The monoisotopic (exact) mass is 236 g/mol. The molecule has 0 aromatic heterocycles. The van der Waals surface area contributed by atoms with Gasteiger partial charge in [0.2, 0.25) is 7.37 Å². The van der Waals surface area contributed by atoms with Gasteiger partial charge in [-0.05, 0) is 12.8 Å². The molecular weight excluding hydrogens is 219 g/mol. The van der Waals surface area contributed by atoms with Crippen LogP contribution in [0.2, 0.25) is 0 Å². The summed E-state index contributed by atoms with van der Waals surface area (Å²) in [6, 6.07) is 0. The average Bonchev–Trinajstić information content (AvgIpc) is 2.15. The van der Waals surface area contributed by atoms with Crippen LogP contribution in [0.1, 0.15) is 32.1 Å². The van der Waals surface area contributed by atoms with E-state index in [1.54, 1.807) is 0 Å². The van der Waals surface area contributed by atoms with Crippen molar-refractivity contribution < 1.29 is 24.5 Å². The van der Waals surface area contributed by atoms with Crippen molar-refractivity contribution in [2.45, 2.75) is 43.9 Å². The van der Waals surface area contributed by atoms with E-state index in [2.05, 4.69) is 0 Å². The molecule has 0 heterocycles. The van der Waals surface area contributed by atoms with Crippen LogP contribution in [0.25, 0.3) is 0 Å². The molecule has 0 aromatic carbocycles. The first kappa shape index (κ1) is 12.7. The van der Waals surface area contributed by atoms with Crippen LogP contribution in [0.4, 0.5) is 0 Å². The van der Waals surface area contributed by atoms with Crippen molar-refractivity contribution in [3.8, 4) is 0 Å². The number of carbonyl (C=O) groups is 1. The fourth-order valence-electron chi connectivity index (χ4n) is 1.98. The number of rotatable bonds is 4. The summed E-state index contributed by atoms with van der Waals surface area (Å²) in [6.45, 7) is 0. The summed E-state index contributed by atoms with van der Waals surface area (Å²) in [7, 11) is -3.51.